The van der Waals surface area contributed by atoms with Gasteiger partial charge >= 0.3 is 8.97 Å². The summed E-state index contributed by atoms with van der Waals surface area (Å²) in [5, 5.41) is 0. The molecule has 0 aromatic rings. The first kappa shape index (κ1) is 15.3. The smallest absolute Gasteiger partial charge is 0.379 e. The van der Waals surface area contributed by atoms with Crippen LogP contribution < -0.4 is 4.65 Å². The molecular weight excluding hydrogens is 258 g/mol. The van der Waals surface area contributed by atoms with E-state index in [1.165, 1.54) is 0 Å². The Balaban J connectivity index is 1.93. The van der Waals surface area contributed by atoms with Gasteiger partial charge in [-0.05, 0) is 12.5 Å². The molecule has 1 saturated heterocycles. The van der Waals surface area contributed by atoms with Gasteiger partial charge in [0, 0.05) is 27.9 Å². The summed E-state index contributed by atoms with van der Waals surface area (Å²) < 4.78 is 29.7. The van der Waals surface area contributed by atoms with Gasteiger partial charge in [0.1, 0.15) is 6.10 Å². The number of rotatable bonds is 11. The molecule has 0 aromatic heterocycles. The van der Waals surface area contributed by atoms with E-state index in [2.05, 4.69) is 4.65 Å². The number of nitrogens with one attached hydrogen (secondary N) is 1. The molecule has 1 atom stereocenters. The van der Waals surface area contributed by atoms with Crippen LogP contribution in [0.3, 0.4) is 0 Å². The monoisotopic (exact) mass is 281 g/mol. The van der Waals surface area contributed by atoms with E-state index < -0.39 is 18.6 Å². The molecule has 0 saturated carbocycles. The quantitative estimate of drug-likeness (QED) is 0.306. The molecule has 17 heavy (non-hydrogen) atoms. The Morgan fingerprint density at radius 2 is 1.94 bits per heavy atom. The topological polar surface area (TPSA) is 61.5 Å². The van der Waals surface area contributed by atoms with Crippen molar-refractivity contribution in [1.82, 2.24) is 4.65 Å². The van der Waals surface area contributed by atoms with Crippen LogP contribution in [0, 0.1) is 0 Å². The van der Waals surface area contributed by atoms with Crippen LogP contribution in [0.5, 0.6) is 0 Å². The van der Waals surface area contributed by atoms with E-state index in [1.807, 2.05) is 0 Å². The van der Waals surface area contributed by atoms with Crippen molar-refractivity contribution in [2.45, 2.75) is 18.6 Å². The Bertz CT molecular complexity index is 194. The predicted molar refractivity (Wildman–Crippen MR) is 68.4 cm³/mol. The lowest BCUT2D eigenvalue weighted by Crippen LogP contribution is -2.58. The van der Waals surface area contributed by atoms with E-state index in [4.69, 9.17) is 22.8 Å². The molecule has 0 radical (unpaired) electrons. The highest BCUT2D eigenvalue weighted by molar-refractivity contribution is 6.66. The first-order valence-electron chi connectivity index (χ1n) is 5.86. The van der Waals surface area contributed by atoms with E-state index in [0.717, 1.165) is 32.3 Å². The molecule has 0 aromatic carbocycles. The van der Waals surface area contributed by atoms with Gasteiger partial charge in [-0.2, -0.15) is 0 Å². The van der Waals surface area contributed by atoms with Gasteiger partial charge in [-0.15, -0.1) is 0 Å². The van der Waals surface area contributed by atoms with Gasteiger partial charge < -0.3 is 22.8 Å². The largest absolute Gasteiger partial charge is 0.588 e. The summed E-state index contributed by atoms with van der Waals surface area (Å²) in [4.78, 5) is 0. The van der Waals surface area contributed by atoms with E-state index >= 15 is 0 Å². The third-order valence-corrected chi connectivity index (χ3v) is 7.77. The van der Waals surface area contributed by atoms with Crippen molar-refractivity contribution in [2.24, 2.45) is 0 Å². The fourth-order valence-corrected chi connectivity index (χ4v) is 6.03. The zero-order valence-electron chi connectivity index (χ0n) is 10.9. The SMILES string of the molecule is CO[Si](N[SiH2]CCCOCC1CO1)(OC)OC. The van der Waals surface area contributed by atoms with E-state index in [0.29, 0.717) is 6.10 Å². The van der Waals surface area contributed by atoms with E-state index in [-0.39, 0.29) is 0 Å². The molecule has 1 fully saturated rings. The highest BCUT2D eigenvalue weighted by Gasteiger charge is 2.37. The summed E-state index contributed by atoms with van der Waals surface area (Å²) in [5.41, 5.74) is 0. The minimum absolute atomic E-state index is 0.362. The molecule has 6 nitrogen and oxygen atoms in total. The fraction of sp³-hybridized carbons (Fsp3) is 1.00. The molecule has 1 aliphatic heterocycles. The molecule has 8 heteroatoms. The molecule has 1 heterocycles. The van der Waals surface area contributed by atoms with Gasteiger partial charge in [0.2, 0.25) is 0 Å². The van der Waals surface area contributed by atoms with Crippen molar-refractivity contribution in [3.8, 4) is 0 Å². The second-order valence-electron chi connectivity index (χ2n) is 3.83. The predicted octanol–water partition coefficient (Wildman–Crippen LogP) is -0.742. The van der Waals surface area contributed by atoms with Crippen LogP contribution in [0.2, 0.25) is 6.04 Å². The average molecular weight is 281 g/mol. The molecule has 102 valence electrons. The number of hydrogen-bond donors (Lipinski definition) is 1. The van der Waals surface area contributed by atoms with Gasteiger partial charge in [0.25, 0.3) is 0 Å². The van der Waals surface area contributed by atoms with Crippen LogP contribution >= 0.6 is 0 Å². The maximum Gasteiger partial charge on any atom is 0.588 e. The van der Waals surface area contributed by atoms with Crippen LogP contribution in [0.1, 0.15) is 6.42 Å². The Hall–Kier alpha value is 0.194. The lowest BCUT2D eigenvalue weighted by atomic mass is 10.5. The second-order valence-corrected chi connectivity index (χ2v) is 8.79. The minimum atomic E-state index is -2.54. The van der Waals surface area contributed by atoms with Crippen molar-refractivity contribution in [3.63, 3.8) is 0 Å². The minimum Gasteiger partial charge on any atom is -0.379 e. The normalized spacial score (nSPS) is 20.3. The Morgan fingerprint density at radius 1 is 1.29 bits per heavy atom. The Kier molecular flexibility index (Phi) is 7.47. The molecule has 1 rings (SSSR count). The third-order valence-electron chi connectivity index (χ3n) is 2.57. The first-order chi connectivity index (χ1) is 8.26. The second kappa shape index (κ2) is 8.32. The highest BCUT2D eigenvalue weighted by Crippen LogP contribution is 2.08. The molecular formula is C9H23NO5Si2. The molecule has 0 bridgehead atoms. The zero-order valence-corrected chi connectivity index (χ0v) is 13.3. The molecule has 1 N–H and O–H groups in total. The van der Waals surface area contributed by atoms with Crippen molar-refractivity contribution in [2.75, 3.05) is 41.2 Å². The van der Waals surface area contributed by atoms with Gasteiger partial charge in [0.05, 0.1) is 22.9 Å². The Labute approximate surface area is 106 Å². The van der Waals surface area contributed by atoms with E-state index in [9.17, 15) is 0 Å². The standard InChI is InChI=1S/C9H23NO5Si2/c1-11-17(12-2,13-3)10-16-6-4-5-14-7-9-8-15-9/h9-10H,4-8,16H2,1-3H3. The van der Waals surface area contributed by atoms with Crippen LogP contribution in [0.4, 0.5) is 0 Å². The third kappa shape index (κ3) is 6.06. The molecule has 0 aliphatic carbocycles. The number of ether oxygens (including phenoxy) is 2. The summed E-state index contributed by atoms with van der Waals surface area (Å²) in [6, 6.07) is 1.14. The summed E-state index contributed by atoms with van der Waals surface area (Å²) in [5.74, 6) is 0. The van der Waals surface area contributed by atoms with Gasteiger partial charge in [-0.1, -0.05) is 0 Å². The maximum absolute atomic E-state index is 5.46. The lowest BCUT2D eigenvalue weighted by Gasteiger charge is -2.24. The number of hydrogen-bond acceptors (Lipinski definition) is 6. The van der Waals surface area contributed by atoms with Crippen LogP contribution in [0.25, 0.3) is 0 Å². The molecule has 1 unspecified atom stereocenters. The first-order valence-corrected chi connectivity index (χ1v) is 9.29. The van der Waals surface area contributed by atoms with Crippen molar-refractivity contribution >= 4 is 18.6 Å². The van der Waals surface area contributed by atoms with Gasteiger partial charge in [-0.25, -0.2) is 0 Å². The summed E-state index contributed by atoms with van der Waals surface area (Å²) >= 11 is 0. The average Bonchev–Trinajstić information content (AvgIpc) is 3.18. The molecule has 1 aliphatic rings. The van der Waals surface area contributed by atoms with E-state index in [1.54, 1.807) is 21.3 Å². The molecule has 0 amide bonds. The number of epoxide rings is 1. The summed E-state index contributed by atoms with van der Waals surface area (Å²) in [7, 11) is 1.86. The van der Waals surface area contributed by atoms with Crippen molar-refractivity contribution in [1.29, 1.82) is 0 Å². The zero-order chi connectivity index (χ0) is 12.6. The maximum atomic E-state index is 5.46. The van der Waals surface area contributed by atoms with Crippen LogP contribution in [-0.2, 0) is 22.8 Å². The van der Waals surface area contributed by atoms with Crippen molar-refractivity contribution in [3.05, 3.63) is 0 Å². The van der Waals surface area contributed by atoms with Crippen LogP contribution in [0.15, 0.2) is 0 Å². The van der Waals surface area contributed by atoms with Crippen LogP contribution in [-0.4, -0.2) is 65.9 Å². The summed E-state index contributed by atoms with van der Waals surface area (Å²) in [6.45, 7) is 2.40. The molecule has 0 spiro atoms. The summed E-state index contributed by atoms with van der Waals surface area (Å²) in [6.07, 6.45) is 1.43. The lowest BCUT2D eigenvalue weighted by molar-refractivity contribution is 0.115. The highest BCUT2D eigenvalue weighted by atomic mass is 28.4. The fourth-order valence-electron chi connectivity index (χ4n) is 1.42. The van der Waals surface area contributed by atoms with Gasteiger partial charge in [-0.3, -0.25) is 4.65 Å². The Morgan fingerprint density at radius 3 is 2.47 bits per heavy atom. The van der Waals surface area contributed by atoms with Gasteiger partial charge in [0.15, 0.2) is 0 Å². The van der Waals surface area contributed by atoms with Crippen molar-refractivity contribution < 1.29 is 22.8 Å².